The number of carbonyl (C=O) groups is 3. The highest BCUT2D eigenvalue weighted by Gasteiger charge is 2.80. The molecule has 2 saturated heterocycles. The first-order valence-corrected chi connectivity index (χ1v) is 21.6. The summed E-state index contributed by atoms with van der Waals surface area (Å²) in [6, 6.07) is 10.8. The van der Waals surface area contributed by atoms with Crippen molar-refractivity contribution >= 4 is 52.1 Å². The molecular weight excluding hydrogens is 785 g/mol. The number of aromatic amines is 1. The molecule has 2 bridgehead atoms. The fourth-order valence-electron chi connectivity index (χ4n) is 13.6. The average Bonchev–Trinajstić information content (AvgIpc) is 3.90. The summed E-state index contributed by atoms with van der Waals surface area (Å²) >= 11 is 5.30. The number of aromatic nitrogens is 1. The highest BCUT2D eigenvalue weighted by Crippen LogP contribution is 2.68. The highest BCUT2D eigenvalue weighted by atomic mass is 32.1. The Hall–Kier alpha value is -4.34. The van der Waals surface area contributed by atoms with Crippen LogP contribution in [-0.4, -0.2) is 139 Å². The number of hydrogen-bond acceptors (Lipinski definition) is 13. The molecule has 3 aromatic rings. The molecule has 1 spiro atoms. The van der Waals surface area contributed by atoms with Crippen LogP contribution >= 0.6 is 12.2 Å². The number of para-hydroxylation sites is 1. The number of aliphatic hydroxyl groups is 2. The van der Waals surface area contributed by atoms with E-state index in [2.05, 4.69) is 26.9 Å². The molecule has 0 radical (unpaired) electrons. The first kappa shape index (κ1) is 41.0. The highest BCUT2D eigenvalue weighted by molar-refractivity contribution is 7.78. The Kier molecular flexibility index (Phi) is 9.83. The minimum absolute atomic E-state index is 0.163. The van der Waals surface area contributed by atoms with E-state index in [-0.39, 0.29) is 18.4 Å². The van der Waals surface area contributed by atoms with Gasteiger partial charge in [0.05, 0.1) is 33.0 Å². The van der Waals surface area contributed by atoms with Gasteiger partial charge in [-0.15, -0.1) is 0 Å². The van der Waals surface area contributed by atoms with Gasteiger partial charge < -0.3 is 39.0 Å². The molecule has 13 nitrogen and oxygen atoms in total. The number of H-pyrrole nitrogens is 1. The van der Waals surface area contributed by atoms with Crippen molar-refractivity contribution in [1.29, 1.82) is 0 Å². The summed E-state index contributed by atoms with van der Waals surface area (Å²) in [7, 11) is 6.11. The van der Waals surface area contributed by atoms with E-state index >= 15 is 4.79 Å². The van der Waals surface area contributed by atoms with E-state index in [1.165, 1.54) is 21.1 Å². The summed E-state index contributed by atoms with van der Waals surface area (Å²) in [6.07, 6.45) is 5.49. The molecule has 9 rings (SSSR count). The van der Waals surface area contributed by atoms with Crippen LogP contribution in [0.2, 0.25) is 0 Å². The number of anilines is 1. The number of esters is 3. The zero-order valence-corrected chi connectivity index (χ0v) is 36.1. The smallest absolute Gasteiger partial charge is 0.344 e. The molecule has 10 atom stereocenters. The zero-order chi connectivity index (χ0) is 42.6. The number of ether oxygens (including phenoxy) is 4. The SMILES string of the molecule is CC[C@]12C=CCN3CC[C@@]4(c5cc([C@@]6(C(=O)OC)C[C@H]7CN(CCc8c6[nH]c6ccccc86)C[C@](O)(CC=S)C7)c(OC)cc5N(C)[C@H]4[C@@](O)(C(=O)OC)[C@@H]1OC(C)=O)[C@@H]32. The molecule has 14 heteroatoms. The molecule has 60 heavy (non-hydrogen) atoms. The van der Waals surface area contributed by atoms with Crippen LogP contribution in [0.3, 0.4) is 0 Å². The number of nitrogens with one attached hydrogen (secondary N) is 1. The Balaban J connectivity index is 1.36. The Morgan fingerprint density at radius 1 is 1.02 bits per heavy atom. The largest absolute Gasteiger partial charge is 0.496 e. The average molecular weight is 841 g/mol. The van der Waals surface area contributed by atoms with E-state index < -0.39 is 57.5 Å². The number of likely N-dealkylation sites (N-methyl/N-ethyl adjacent to an activating group) is 1. The fraction of sp³-hybridized carbons (Fsp3) is 0.565. The number of benzene rings is 2. The predicted octanol–water partition coefficient (Wildman–Crippen LogP) is 3.97. The van der Waals surface area contributed by atoms with Gasteiger partial charge in [0, 0.05) is 97.4 Å². The third-order valence-electron chi connectivity index (χ3n) is 15.4. The number of thiocarbonyl (C=S) groups is 1. The quantitative estimate of drug-likeness (QED) is 0.130. The molecular formula is C46H56N4O9S. The van der Waals surface area contributed by atoms with Crippen LogP contribution in [0.15, 0.2) is 48.6 Å². The molecule has 3 N–H and O–H groups in total. The maximum Gasteiger partial charge on any atom is 0.344 e. The molecule has 0 amide bonds. The summed E-state index contributed by atoms with van der Waals surface area (Å²) in [5, 5.41) is 28.0. The fourth-order valence-corrected chi connectivity index (χ4v) is 13.9. The van der Waals surface area contributed by atoms with Gasteiger partial charge in [0.15, 0.2) is 6.10 Å². The molecule has 2 aromatic carbocycles. The number of rotatable bonds is 8. The molecule has 5 aliphatic heterocycles. The summed E-state index contributed by atoms with van der Waals surface area (Å²) < 4.78 is 23.9. The number of carbonyl (C=O) groups excluding carboxylic acids is 3. The lowest BCUT2D eigenvalue weighted by molar-refractivity contribution is -0.228. The lowest BCUT2D eigenvalue weighted by atomic mass is 9.47. The van der Waals surface area contributed by atoms with Crippen LogP contribution < -0.4 is 9.64 Å². The monoisotopic (exact) mass is 840 g/mol. The van der Waals surface area contributed by atoms with Gasteiger partial charge in [0.25, 0.3) is 0 Å². The van der Waals surface area contributed by atoms with Gasteiger partial charge in [0.1, 0.15) is 11.2 Å². The Morgan fingerprint density at radius 3 is 2.48 bits per heavy atom. The third-order valence-corrected chi connectivity index (χ3v) is 15.6. The van der Waals surface area contributed by atoms with Crippen molar-refractivity contribution in [1.82, 2.24) is 14.8 Å². The van der Waals surface area contributed by atoms with Crippen molar-refractivity contribution < 1.29 is 43.5 Å². The van der Waals surface area contributed by atoms with Crippen molar-refractivity contribution in [3.8, 4) is 5.75 Å². The number of fused-ring (bicyclic) bond motifs is 6. The summed E-state index contributed by atoms with van der Waals surface area (Å²) in [6.45, 7) is 6.40. The van der Waals surface area contributed by atoms with Crippen LogP contribution in [0.5, 0.6) is 5.75 Å². The molecule has 6 aliphatic rings. The van der Waals surface area contributed by atoms with Crippen LogP contribution in [0.1, 0.15) is 68.3 Å². The van der Waals surface area contributed by atoms with Crippen LogP contribution in [0.25, 0.3) is 10.9 Å². The second-order valence-electron chi connectivity index (χ2n) is 18.2. The summed E-state index contributed by atoms with van der Waals surface area (Å²) in [4.78, 5) is 53.1. The molecule has 3 fully saturated rings. The lowest BCUT2D eigenvalue weighted by Crippen LogP contribution is -2.81. The van der Waals surface area contributed by atoms with Gasteiger partial charge >= 0.3 is 17.9 Å². The minimum Gasteiger partial charge on any atom is -0.496 e. The van der Waals surface area contributed by atoms with Crippen molar-refractivity contribution in [2.24, 2.45) is 11.3 Å². The summed E-state index contributed by atoms with van der Waals surface area (Å²) in [5.41, 5.74) is -1.98. The van der Waals surface area contributed by atoms with Crippen LogP contribution in [0, 0.1) is 11.3 Å². The maximum absolute atomic E-state index is 15.4. The maximum atomic E-state index is 15.4. The van der Waals surface area contributed by atoms with Gasteiger partial charge in [-0.25, -0.2) is 4.79 Å². The zero-order valence-electron chi connectivity index (χ0n) is 35.3. The van der Waals surface area contributed by atoms with E-state index in [4.69, 9.17) is 31.2 Å². The van der Waals surface area contributed by atoms with Gasteiger partial charge in [-0.1, -0.05) is 49.5 Å². The molecule has 320 valence electrons. The molecule has 6 heterocycles. The van der Waals surface area contributed by atoms with Gasteiger partial charge in [0.2, 0.25) is 5.60 Å². The van der Waals surface area contributed by atoms with E-state index in [0.717, 1.165) is 33.4 Å². The number of nitrogens with zero attached hydrogens (tertiary/aromatic N) is 3. The molecule has 1 saturated carbocycles. The standard InChI is InChI=1S/C46H56N4O9S/c1-7-43-14-10-17-50-19-15-44(37(43)50)31-21-32(35(56-4)22-34(31)48(3)38(44)46(55,41(53)58-6)39(43)59-27(2)51)45(40(52)57-5)24-28-23-42(54,16-20-60)26-49(25-28)18-13-30-29-11-8-9-12-33(29)47-36(30)45/h8-12,14,20-22,28,37-39,47,54-55H,7,13,15-19,23-26H2,1-6H3/t28-,37-,38+,39+,42-,43+,44+,45-,46-/m0/s1. The van der Waals surface area contributed by atoms with Gasteiger partial charge in [-0.05, 0) is 73.2 Å². The Bertz CT molecular complexity index is 2310. The van der Waals surface area contributed by atoms with E-state index in [1.807, 2.05) is 55.3 Å². The minimum atomic E-state index is -2.31. The second kappa shape index (κ2) is 14.4. The van der Waals surface area contributed by atoms with Gasteiger partial charge in [-0.2, -0.15) is 0 Å². The number of methoxy groups -OCH3 is 3. The second-order valence-corrected chi connectivity index (χ2v) is 18.6. The van der Waals surface area contributed by atoms with Crippen molar-refractivity contribution in [2.75, 3.05) is 66.0 Å². The van der Waals surface area contributed by atoms with Crippen molar-refractivity contribution in [3.63, 3.8) is 0 Å². The molecule has 1 unspecified atom stereocenters. The topological polar surface area (TPSA) is 154 Å². The first-order chi connectivity index (χ1) is 28.7. The van der Waals surface area contributed by atoms with Crippen LogP contribution in [-0.2, 0) is 45.8 Å². The van der Waals surface area contributed by atoms with E-state index in [1.54, 1.807) is 12.5 Å². The van der Waals surface area contributed by atoms with Crippen molar-refractivity contribution in [3.05, 3.63) is 70.9 Å². The van der Waals surface area contributed by atoms with Crippen molar-refractivity contribution in [2.45, 2.75) is 92.6 Å². The third kappa shape index (κ3) is 5.36. The molecule has 1 aromatic heterocycles. The van der Waals surface area contributed by atoms with E-state index in [0.29, 0.717) is 76.1 Å². The van der Waals surface area contributed by atoms with Crippen LogP contribution in [0.4, 0.5) is 5.69 Å². The first-order valence-electron chi connectivity index (χ1n) is 21.1. The normalized spacial score (nSPS) is 36.5. The summed E-state index contributed by atoms with van der Waals surface area (Å²) in [5.74, 6) is -1.69. The van der Waals surface area contributed by atoms with Gasteiger partial charge in [-0.3, -0.25) is 19.4 Å². The van der Waals surface area contributed by atoms with E-state index in [9.17, 15) is 19.8 Å². The lowest BCUT2D eigenvalue weighted by Gasteiger charge is -2.63. The number of hydrogen-bond donors (Lipinski definition) is 3. The Labute approximate surface area is 355 Å². The molecule has 1 aliphatic carbocycles. The number of piperidine rings is 1. The Morgan fingerprint density at radius 2 is 1.78 bits per heavy atom. The predicted molar refractivity (Wildman–Crippen MR) is 228 cm³/mol.